The van der Waals surface area contributed by atoms with Gasteiger partial charge in [0.2, 0.25) is 0 Å². The molecule has 0 spiro atoms. The van der Waals surface area contributed by atoms with Crippen molar-refractivity contribution in [2.75, 3.05) is 0 Å². The third kappa shape index (κ3) is 3.32. The molecule has 100 valence electrons. The Morgan fingerprint density at radius 3 is 2.72 bits per heavy atom. The molecule has 0 aromatic heterocycles. The van der Waals surface area contributed by atoms with Crippen LogP contribution in [-0.4, -0.2) is 12.1 Å². The van der Waals surface area contributed by atoms with Crippen molar-refractivity contribution < 1.29 is 4.39 Å². The van der Waals surface area contributed by atoms with Gasteiger partial charge in [0.15, 0.2) is 0 Å². The molecular formula is C16H24FN. The van der Waals surface area contributed by atoms with Gasteiger partial charge in [-0.3, -0.25) is 0 Å². The third-order valence-corrected chi connectivity index (χ3v) is 3.99. The van der Waals surface area contributed by atoms with Crippen molar-refractivity contribution in [2.24, 2.45) is 0 Å². The first kappa shape index (κ1) is 13.5. The quantitative estimate of drug-likeness (QED) is 0.795. The van der Waals surface area contributed by atoms with Gasteiger partial charge in [-0.25, -0.2) is 4.39 Å². The molecule has 1 fully saturated rings. The molecule has 1 aromatic carbocycles. The summed E-state index contributed by atoms with van der Waals surface area (Å²) in [5.41, 5.74) is 0.900. The van der Waals surface area contributed by atoms with Crippen LogP contribution < -0.4 is 5.32 Å². The molecule has 0 heterocycles. The molecule has 1 N–H and O–H groups in total. The van der Waals surface area contributed by atoms with Gasteiger partial charge in [0, 0.05) is 12.1 Å². The lowest BCUT2D eigenvalue weighted by Gasteiger charge is -2.38. The van der Waals surface area contributed by atoms with Crippen molar-refractivity contribution in [3.8, 4) is 0 Å². The van der Waals surface area contributed by atoms with Crippen LogP contribution in [0.2, 0.25) is 0 Å². The van der Waals surface area contributed by atoms with Gasteiger partial charge in [-0.1, -0.05) is 38.0 Å². The smallest absolute Gasteiger partial charge is 0.126 e. The van der Waals surface area contributed by atoms with Gasteiger partial charge in [-0.2, -0.15) is 0 Å². The van der Waals surface area contributed by atoms with Gasteiger partial charge >= 0.3 is 0 Å². The maximum absolute atomic E-state index is 13.6. The summed E-state index contributed by atoms with van der Waals surface area (Å²) in [5, 5.41) is 3.65. The van der Waals surface area contributed by atoms with Crippen molar-refractivity contribution in [1.82, 2.24) is 5.32 Å². The second kappa shape index (κ2) is 6.33. The fourth-order valence-corrected chi connectivity index (χ4v) is 2.81. The first-order valence-corrected chi connectivity index (χ1v) is 7.21. The molecule has 1 saturated carbocycles. The van der Waals surface area contributed by atoms with Crippen LogP contribution in [0.3, 0.4) is 0 Å². The fraction of sp³-hybridized carbons (Fsp3) is 0.625. The van der Waals surface area contributed by atoms with Crippen molar-refractivity contribution in [2.45, 2.75) is 64.0 Å². The Balaban J connectivity index is 1.75. The van der Waals surface area contributed by atoms with E-state index in [1.54, 1.807) is 12.1 Å². The van der Waals surface area contributed by atoms with Gasteiger partial charge in [0.1, 0.15) is 5.82 Å². The molecular weight excluding hydrogens is 225 g/mol. The Kier molecular flexibility index (Phi) is 4.76. The van der Waals surface area contributed by atoms with Crippen LogP contribution in [0.4, 0.5) is 4.39 Å². The average molecular weight is 249 g/mol. The Morgan fingerprint density at radius 1 is 1.33 bits per heavy atom. The second-order valence-corrected chi connectivity index (χ2v) is 5.60. The van der Waals surface area contributed by atoms with E-state index in [9.17, 15) is 4.39 Å². The summed E-state index contributed by atoms with van der Waals surface area (Å²) >= 11 is 0. The van der Waals surface area contributed by atoms with Crippen LogP contribution >= 0.6 is 0 Å². The number of hydrogen-bond donors (Lipinski definition) is 1. The number of benzene rings is 1. The highest BCUT2D eigenvalue weighted by atomic mass is 19.1. The van der Waals surface area contributed by atoms with Gasteiger partial charge < -0.3 is 5.32 Å². The number of unbranched alkanes of at least 4 members (excludes halogenated alkanes) is 1. The molecule has 0 amide bonds. The van der Waals surface area contributed by atoms with Gasteiger partial charge in [-0.05, 0) is 43.7 Å². The van der Waals surface area contributed by atoms with Gasteiger partial charge in [0.05, 0.1) is 0 Å². The average Bonchev–Trinajstić information content (AvgIpc) is 2.32. The number of rotatable bonds is 6. The summed E-state index contributed by atoms with van der Waals surface area (Å²) in [4.78, 5) is 0. The fourth-order valence-electron chi connectivity index (χ4n) is 2.81. The lowest BCUT2D eigenvalue weighted by Crippen LogP contribution is -2.44. The zero-order valence-electron chi connectivity index (χ0n) is 11.5. The predicted octanol–water partition coefficient (Wildman–Crippen LogP) is 4.24. The van der Waals surface area contributed by atoms with Crippen molar-refractivity contribution in [3.05, 3.63) is 35.6 Å². The first-order valence-electron chi connectivity index (χ1n) is 7.21. The molecule has 1 aliphatic rings. The molecule has 18 heavy (non-hydrogen) atoms. The summed E-state index contributed by atoms with van der Waals surface area (Å²) in [7, 11) is 0. The van der Waals surface area contributed by atoms with E-state index in [0.29, 0.717) is 18.0 Å². The molecule has 0 radical (unpaired) electrons. The SMILES string of the molecule is CCCCC(C)NC1CC(c2ccccc2F)C1. The van der Waals surface area contributed by atoms with Crippen LogP contribution in [0.5, 0.6) is 0 Å². The van der Waals surface area contributed by atoms with Crippen LogP contribution in [0.1, 0.15) is 57.4 Å². The molecule has 1 aromatic rings. The van der Waals surface area contributed by atoms with Crippen LogP contribution in [0.15, 0.2) is 24.3 Å². The molecule has 1 nitrogen and oxygen atoms in total. The van der Waals surface area contributed by atoms with Crippen LogP contribution in [-0.2, 0) is 0 Å². The third-order valence-electron chi connectivity index (χ3n) is 3.99. The molecule has 2 heteroatoms. The predicted molar refractivity (Wildman–Crippen MR) is 74.3 cm³/mol. The molecule has 1 atom stereocenters. The highest BCUT2D eigenvalue weighted by Crippen LogP contribution is 2.38. The zero-order chi connectivity index (χ0) is 13.0. The Bertz CT molecular complexity index is 371. The maximum Gasteiger partial charge on any atom is 0.126 e. The van der Waals surface area contributed by atoms with Crippen molar-refractivity contribution in [1.29, 1.82) is 0 Å². The highest BCUT2D eigenvalue weighted by molar-refractivity contribution is 5.24. The van der Waals surface area contributed by atoms with E-state index in [1.165, 1.54) is 19.3 Å². The monoisotopic (exact) mass is 249 g/mol. The van der Waals surface area contributed by atoms with E-state index in [1.807, 2.05) is 12.1 Å². The van der Waals surface area contributed by atoms with E-state index in [-0.39, 0.29) is 5.82 Å². The zero-order valence-corrected chi connectivity index (χ0v) is 11.5. The molecule has 0 saturated heterocycles. The van der Waals surface area contributed by atoms with E-state index in [0.717, 1.165) is 18.4 Å². The Hall–Kier alpha value is -0.890. The minimum absolute atomic E-state index is 0.0417. The molecule has 1 aliphatic carbocycles. The summed E-state index contributed by atoms with van der Waals surface area (Å²) < 4.78 is 13.6. The lowest BCUT2D eigenvalue weighted by atomic mass is 9.75. The molecule has 1 unspecified atom stereocenters. The standard InChI is InChI=1S/C16H24FN/c1-3-4-7-12(2)18-14-10-13(11-14)15-8-5-6-9-16(15)17/h5-6,8-9,12-14,18H,3-4,7,10-11H2,1-2H3. The van der Waals surface area contributed by atoms with Gasteiger partial charge in [-0.15, -0.1) is 0 Å². The normalized spacial score (nSPS) is 24.6. The summed E-state index contributed by atoms with van der Waals surface area (Å²) in [6.45, 7) is 4.48. The topological polar surface area (TPSA) is 12.0 Å². The largest absolute Gasteiger partial charge is 0.311 e. The molecule has 0 bridgehead atoms. The van der Waals surface area contributed by atoms with Gasteiger partial charge in [0.25, 0.3) is 0 Å². The van der Waals surface area contributed by atoms with Crippen LogP contribution in [0.25, 0.3) is 0 Å². The molecule has 0 aliphatic heterocycles. The number of halogens is 1. The van der Waals surface area contributed by atoms with E-state index in [4.69, 9.17) is 0 Å². The lowest BCUT2D eigenvalue weighted by molar-refractivity contribution is 0.259. The Morgan fingerprint density at radius 2 is 2.06 bits per heavy atom. The number of nitrogens with one attached hydrogen (secondary N) is 1. The summed E-state index contributed by atoms with van der Waals surface area (Å²) in [6, 6.07) is 8.37. The molecule has 2 rings (SSSR count). The maximum atomic E-state index is 13.6. The van der Waals surface area contributed by atoms with Crippen molar-refractivity contribution >= 4 is 0 Å². The van der Waals surface area contributed by atoms with Crippen LogP contribution in [0, 0.1) is 5.82 Å². The Labute approximate surface area is 110 Å². The minimum Gasteiger partial charge on any atom is -0.311 e. The minimum atomic E-state index is -0.0417. The summed E-state index contributed by atoms with van der Waals surface area (Å²) in [6.07, 6.45) is 5.96. The summed E-state index contributed by atoms with van der Waals surface area (Å²) in [5.74, 6) is 0.377. The first-order chi connectivity index (χ1) is 8.70. The van der Waals surface area contributed by atoms with E-state index >= 15 is 0 Å². The highest BCUT2D eigenvalue weighted by Gasteiger charge is 2.32. The van der Waals surface area contributed by atoms with E-state index < -0.39 is 0 Å². The van der Waals surface area contributed by atoms with Crippen molar-refractivity contribution in [3.63, 3.8) is 0 Å². The second-order valence-electron chi connectivity index (χ2n) is 5.60. The van der Waals surface area contributed by atoms with E-state index in [2.05, 4.69) is 19.2 Å². The number of hydrogen-bond acceptors (Lipinski definition) is 1.